The number of thiocarbonyl (C=S) groups is 1. The molecule has 0 radical (unpaired) electrons. The highest BCUT2D eigenvalue weighted by Crippen LogP contribution is 2.27. The number of ether oxygens (including phenoxy) is 2. The lowest BCUT2D eigenvalue weighted by atomic mass is 10.3. The van der Waals surface area contributed by atoms with Gasteiger partial charge in [-0.15, -0.1) is 0 Å². The Morgan fingerprint density at radius 3 is 2.14 bits per heavy atom. The fraction of sp³-hybridized carbons (Fsp3) is 0.133. The van der Waals surface area contributed by atoms with E-state index in [1.807, 2.05) is 30.3 Å². The zero-order valence-corrected chi connectivity index (χ0v) is 13.2. The summed E-state index contributed by atoms with van der Waals surface area (Å²) in [6.07, 6.45) is 0. The van der Waals surface area contributed by atoms with E-state index in [9.17, 15) is 0 Å². The summed E-state index contributed by atoms with van der Waals surface area (Å²) in [6, 6.07) is 12.8. The second-order valence-electron chi connectivity index (χ2n) is 4.16. The fourth-order valence-electron chi connectivity index (χ4n) is 1.71. The Balaban J connectivity index is 1.99. The summed E-state index contributed by atoms with van der Waals surface area (Å²) in [5.41, 5.74) is 1.65. The highest BCUT2D eigenvalue weighted by Gasteiger charge is 2.04. The molecule has 2 N–H and O–H groups in total. The standard InChI is InChI=1S/C15H15ClN2O2S/c1-19-12-6-3-10(4-7-12)17-15(21)18-11-5-8-14(20-2)13(16)9-11/h3-9H,1-2H3,(H2,17,18,21). The summed E-state index contributed by atoms with van der Waals surface area (Å²) in [4.78, 5) is 0. The van der Waals surface area contributed by atoms with Crippen LogP contribution < -0.4 is 20.1 Å². The minimum absolute atomic E-state index is 0.474. The lowest BCUT2D eigenvalue weighted by Crippen LogP contribution is -2.18. The van der Waals surface area contributed by atoms with E-state index >= 15 is 0 Å². The Morgan fingerprint density at radius 1 is 0.952 bits per heavy atom. The van der Waals surface area contributed by atoms with Crippen LogP contribution in [0.4, 0.5) is 11.4 Å². The van der Waals surface area contributed by atoms with Crippen molar-refractivity contribution in [3.63, 3.8) is 0 Å². The van der Waals surface area contributed by atoms with E-state index in [2.05, 4.69) is 10.6 Å². The predicted octanol–water partition coefficient (Wildman–Crippen LogP) is 4.17. The lowest BCUT2D eigenvalue weighted by Gasteiger charge is -2.12. The van der Waals surface area contributed by atoms with E-state index in [4.69, 9.17) is 33.3 Å². The molecule has 0 saturated heterocycles. The highest BCUT2D eigenvalue weighted by atomic mass is 35.5. The Bertz CT molecular complexity index is 632. The molecule has 0 aliphatic rings. The van der Waals surface area contributed by atoms with Gasteiger partial charge >= 0.3 is 0 Å². The van der Waals surface area contributed by atoms with Crippen LogP contribution in [0.15, 0.2) is 42.5 Å². The number of anilines is 2. The van der Waals surface area contributed by atoms with Crippen LogP contribution in [0.5, 0.6) is 11.5 Å². The van der Waals surface area contributed by atoms with Crippen molar-refractivity contribution in [1.82, 2.24) is 0 Å². The largest absolute Gasteiger partial charge is 0.497 e. The van der Waals surface area contributed by atoms with Crippen LogP contribution in [0.1, 0.15) is 0 Å². The van der Waals surface area contributed by atoms with Crippen molar-refractivity contribution in [2.24, 2.45) is 0 Å². The van der Waals surface area contributed by atoms with Gasteiger partial charge in [0.25, 0.3) is 0 Å². The Morgan fingerprint density at radius 2 is 1.57 bits per heavy atom. The number of methoxy groups -OCH3 is 2. The van der Waals surface area contributed by atoms with E-state index < -0.39 is 0 Å². The van der Waals surface area contributed by atoms with Gasteiger partial charge < -0.3 is 20.1 Å². The molecule has 0 aliphatic heterocycles. The van der Waals surface area contributed by atoms with E-state index in [1.54, 1.807) is 26.4 Å². The molecule has 0 unspecified atom stereocenters. The fourth-order valence-corrected chi connectivity index (χ4v) is 2.21. The molecule has 2 aromatic rings. The van der Waals surface area contributed by atoms with Gasteiger partial charge in [0.05, 0.1) is 19.2 Å². The smallest absolute Gasteiger partial charge is 0.175 e. The van der Waals surface area contributed by atoms with Gasteiger partial charge in [0.2, 0.25) is 0 Å². The van der Waals surface area contributed by atoms with Crippen LogP contribution in [0.25, 0.3) is 0 Å². The van der Waals surface area contributed by atoms with Gasteiger partial charge in [-0.1, -0.05) is 11.6 Å². The van der Waals surface area contributed by atoms with Crippen molar-refractivity contribution >= 4 is 40.3 Å². The first-order valence-corrected chi connectivity index (χ1v) is 6.96. The van der Waals surface area contributed by atoms with E-state index in [0.717, 1.165) is 17.1 Å². The Kier molecular flexibility index (Phi) is 5.25. The average Bonchev–Trinajstić information content (AvgIpc) is 2.48. The second kappa shape index (κ2) is 7.15. The zero-order chi connectivity index (χ0) is 15.2. The average molecular weight is 323 g/mol. The first-order chi connectivity index (χ1) is 10.1. The SMILES string of the molecule is COc1ccc(NC(=S)Nc2ccc(OC)c(Cl)c2)cc1. The molecular formula is C15H15ClN2O2S. The summed E-state index contributed by atoms with van der Waals surface area (Å²) >= 11 is 11.3. The summed E-state index contributed by atoms with van der Waals surface area (Å²) in [6.45, 7) is 0. The lowest BCUT2D eigenvalue weighted by molar-refractivity contribution is 0.415. The third-order valence-corrected chi connectivity index (χ3v) is 3.26. The van der Waals surface area contributed by atoms with Crippen molar-refractivity contribution in [3.05, 3.63) is 47.5 Å². The van der Waals surface area contributed by atoms with Gasteiger partial charge in [0.15, 0.2) is 5.11 Å². The van der Waals surface area contributed by atoms with Gasteiger partial charge in [0.1, 0.15) is 11.5 Å². The molecule has 0 saturated carbocycles. The maximum Gasteiger partial charge on any atom is 0.175 e. The summed E-state index contributed by atoms with van der Waals surface area (Å²) in [5, 5.41) is 7.14. The molecule has 0 atom stereocenters. The molecule has 0 fully saturated rings. The minimum atomic E-state index is 0.474. The van der Waals surface area contributed by atoms with Gasteiger partial charge in [-0.05, 0) is 54.7 Å². The maximum absolute atomic E-state index is 6.06. The molecule has 2 aromatic carbocycles. The molecule has 6 heteroatoms. The van der Waals surface area contributed by atoms with Crippen molar-refractivity contribution < 1.29 is 9.47 Å². The first kappa shape index (κ1) is 15.4. The maximum atomic E-state index is 6.06. The number of nitrogens with one attached hydrogen (secondary N) is 2. The van der Waals surface area contributed by atoms with Gasteiger partial charge in [0, 0.05) is 11.4 Å². The zero-order valence-electron chi connectivity index (χ0n) is 11.6. The number of rotatable bonds is 4. The molecule has 4 nitrogen and oxygen atoms in total. The number of benzene rings is 2. The van der Waals surface area contributed by atoms with Crippen LogP contribution in [0.3, 0.4) is 0 Å². The van der Waals surface area contributed by atoms with Crippen molar-refractivity contribution in [2.75, 3.05) is 24.9 Å². The van der Waals surface area contributed by atoms with Crippen LogP contribution in [-0.4, -0.2) is 19.3 Å². The molecule has 2 rings (SSSR count). The molecule has 0 heterocycles. The molecule has 0 bridgehead atoms. The Labute approximate surface area is 134 Å². The minimum Gasteiger partial charge on any atom is -0.497 e. The molecule has 21 heavy (non-hydrogen) atoms. The van der Waals surface area contributed by atoms with Crippen LogP contribution in [0, 0.1) is 0 Å². The molecule has 0 amide bonds. The van der Waals surface area contributed by atoms with E-state index in [-0.39, 0.29) is 0 Å². The van der Waals surface area contributed by atoms with Crippen LogP contribution in [-0.2, 0) is 0 Å². The quantitative estimate of drug-likeness (QED) is 0.827. The van der Waals surface area contributed by atoms with E-state index in [1.165, 1.54) is 0 Å². The normalized spacial score (nSPS) is 9.86. The predicted molar refractivity (Wildman–Crippen MR) is 90.8 cm³/mol. The molecule has 0 aliphatic carbocycles. The van der Waals surface area contributed by atoms with Gasteiger partial charge in [-0.2, -0.15) is 0 Å². The van der Waals surface area contributed by atoms with Crippen LogP contribution >= 0.6 is 23.8 Å². The summed E-state index contributed by atoms with van der Waals surface area (Å²) in [5.74, 6) is 1.41. The molecule has 0 aromatic heterocycles. The summed E-state index contributed by atoms with van der Waals surface area (Å²) in [7, 11) is 3.20. The third kappa shape index (κ3) is 4.24. The third-order valence-electron chi connectivity index (χ3n) is 2.76. The number of hydrogen-bond donors (Lipinski definition) is 2. The van der Waals surface area contributed by atoms with Crippen molar-refractivity contribution in [3.8, 4) is 11.5 Å². The number of halogens is 1. The first-order valence-electron chi connectivity index (χ1n) is 6.18. The van der Waals surface area contributed by atoms with Crippen molar-refractivity contribution in [2.45, 2.75) is 0 Å². The van der Waals surface area contributed by atoms with Gasteiger partial charge in [-0.25, -0.2) is 0 Å². The van der Waals surface area contributed by atoms with E-state index in [0.29, 0.717) is 15.9 Å². The monoisotopic (exact) mass is 322 g/mol. The molecule has 110 valence electrons. The Hall–Kier alpha value is -1.98. The molecule has 0 spiro atoms. The number of hydrogen-bond acceptors (Lipinski definition) is 3. The topological polar surface area (TPSA) is 42.5 Å². The summed E-state index contributed by atoms with van der Waals surface area (Å²) < 4.78 is 10.2. The second-order valence-corrected chi connectivity index (χ2v) is 4.97. The highest BCUT2D eigenvalue weighted by molar-refractivity contribution is 7.80. The van der Waals surface area contributed by atoms with Gasteiger partial charge in [-0.3, -0.25) is 0 Å². The van der Waals surface area contributed by atoms with Crippen molar-refractivity contribution in [1.29, 1.82) is 0 Å². The molecular weight excluding hydrogens is 308 g/mol. The van der Waals surface area contributed by atoms with Crippen LogP contribution in [0.2, 0.25) is 5.02 Å².